The standard InChI is InChI=1S/C27H36N6O3/c1-27(2,3)36-26(34)33-10-8-31(9-11-33)19-20-6-7-28-21(16-20)17-25-29-23-5-4-22(18-24(23)30-25)32-12-14-35-15-13-32/h4-7,16,18H,8-15,17,19H2,1-3H3,(H,29,30). The first-order valence-corrected chi connectivity index (χ1v) is 12.8. The molecule has 3 aromatic rings. The Hall–Kier alpha value is -3.17. The Labute approximate surface area is 212 Å². The number of aromatic nitrogens is 3. The molecule has 0 saturated carbocycles. The largest absolute Gasteiger partial charge is 0.444 e. The van der Waals surface area contributed by atoms with Crippen molar-refractivity contribution in [1.29, 1.82) is 0 Å². The molecule has 36 heavy (non-hydrogen) atoms. The number of rotatable bonds is 5. The van der Waals surface area contributed by atoms with Crippen molar-refractivity contribution in [3.05, 3.63) is 53.6 Å². The number of fused-ring (bicyclic) bond motifs is 1. The van der Waals surface area contributed by atoms with E-state index in [2.05, 4.69) is 50.1 Å². The van der Waals surface area contributed by atoms with Crippen molar-refractivity contribution in [2.45, 2.75) is 39.3 Å². The van der Waals surface area contributed by atoms with E-state index in [4.69, 9.17) is 14.5 Å². The molecule has 4 heterocycles. The van der Waals surface area contributed by atoms with Crippen LogP contribution in [0, 0.1) is 0 Å². The summed E-state index contributed by atoms with van der Waals surface area (Å²) in [4.78, 5) is 31.7. The highest BCUT2D eigenvalue weighted by Gasteiger charge is 2.26. The van der Waals surface area contributed by atoms with E-state index in [0.717, 1.165) is 68.5 Å². The number of anilines is 1. The molecule has 1 N–H and O–H groups in total. The monoisotopic (exact) mass is 492 g/mol. The highest BCUT2D eigenvalue weighted by molar-refractivity contribution is 5.79. The maximum atomic E-state index is 12.3. The quantitative estimate of drug-likeness (QED) is 0.584. The van der Waals surface area contributed by atoms with Crippen LogP contribution in [0.15, 0.2) is 36.5 Å². The number of H-pyrrole nitrogens is 1. The van der Waals surface area contributed by atoms with Crippen LogP contribution in [0.1, 0.15) is 37.9 Å². The maximum Gasteiger partial charge on any atom is 0.410 e. The molecule has 5 rings (SSSR count). The first kappa shape index (κ1) is 24.5. The lowest BCUT2D eigenvalue weighted by atomic mass is 10.1. The average Bonchev–Trinajstić information content (AvgIpc) is 3.25. The third kappa shape index (κ3) is 6.14. The first-order chi connectivity index (χ1) is 17.3. The van der Waals surface area contributed by atoms with E-state index in [1.54, 1.807) is 4.90 Å². The molecular formula is C27H36N6O3. The van der Waals surface area contributed by atoms with E-state index >= 15 is 0 Å². The van der Waals surface area contributed by atoms with Crippen LogP contribution in [0.5, 0.6) is 0 Å². The summed E-state index contributed by atoms with van der Waals surface area (Å²) >= 11 is 0. The zero-order chi connectivity index (χ0) is 25.1. The van der Waals surface area contributed by atoms with Crippen LogP contribution in [-0.4, -0.2) is 88.9 Å². The number of carbonyl (C=O) groups excluding carboxylic acids is 1. The number of piperazine rings is 1. The van der Waals surface area contributed by atoms with Gasteiger partial charge in [-0.3, -0.25) is 9.88 Å². The topological polar surface area (TPSA) is 86.8 Å². The van der Waals surface area contributed by atoms with Gasteiger partial charge in [0.05, 0.1) is 24.2 Å². The fourth-order valence-electron chi connectivity index (χ4n) is 4.72. The summed E-state index contributed by atoms with van der Waals surface area (Å²) in [6, 6.07) is 10.6. The SMILES string of the molecule is CC(C)(C)OC(=O)N1CCN(Cc2ccnc(Cc3nc4ccc(N5CCOCC5)cc4[nH]3)c2)CC1. The van der Waals surface area contributed by atoms with Gasteiger partial charge in [-0.1, -0.05) is 0 Å². The molecule has 9 heteroatoms. The zero-order valence-electron chi connectivity index (χ0n) is 21.5. The Balaban J connectivity index is 1.18. The van der Waals surface area contributed by atoms with E-state index < -0.39 is 5.60 Å². The minimum absolute atomic E-state index is 0.226. The molecule has 2 saturated heterocycles. The van der Waals surface area contributed by atoms with Crippen molar-refractivity contribution in [1.82, 2.24) is 24.8 Å². The smallest absolute Gasteiger partial charge is 0.410 e. The average molecular weight is 493 g/mol. The van der Waals surface area contributed by atoms with Crippen molar-refractivity contribution >= 4 is 22.8 Å². The van der Waals surface area contributed by atoms with Crippen LogP contribution in [0.2, 0.25) is 0 Å². The number of hydrogen-bond donors (Lipinski definition) is 1. The summed E-state index contributed by atoms with van der Waals surface area (Å²) in [5.74, 6) is 0.916. The van der Waals surface area contributed by atoms with Crippen molar-refractivity contribution in [3.63, 3.8) is 0 Å². The molecule has 0 aliphatic carbocycles. The van der Waals surface area contributed by atoms with Gasteiger partial charge in [0.2, 0.25) is 0 Å². The number of nitrogens with zero attached hydrogens (tertiary/aromatic N) is 5. The highest BCUT2D eigenvalue weighted by atomic mass is 16.6. The van der Waals surface area contributed by atoms with Gasteiger partial charge in [-0.25, -0.2) is 9.78 Å². The first-order valence-electron chi connectivity index (χ1n) is 12.8. The molecule has 0 radical (unpaired) electrons. The normalized spacial score (nSPS) is 17.5. The van der Waals surface area contributed by atoms with Gasteiger partial charge in [-0.15, -0.1) is 0 Å². The fraction of sp³-hybridized carbons (Fsp3) is 0.519. The molecule has 192 valence electrons. The van der Waals surface area contributed by atoms with Gasteiger partial charge in [0.15, 0.2) is 0 Å². The lowest BCUT2D eigenvalue weighted by Gasteiger charge is -2.35. The predicted molar refractivity (Wildman–Crippen MR) is 139 cm³/mol. The minimum Gasteiger partial charge on any atom is -0.444 e. The van der Waals surface area contributed by atoms with Gasteiger partial charge in [0.25, 0.3) is 0 Å². The number of pyridine rings is 1. The zero-order valence-corrected chi connectivity index (χ0v) is 21.5. The van der Waals surface area contributed by atoms with E-state index in [0.29, 0.717) is 19.5 Å². The molecule has 2 aliphatic rings. The fourth-order valence-corrected chi connectivity index (χ4v) is 4.72. The molecule has 9 nitrogen and oxygen atoms in total. The van der Waals surface area contributed by atoms with E-state index in [1.165, 1.54) is 11.3 Å². The molecule has 0 unspecified atom stereocenters. The second-order valence-electron chi connectivity index (χ2n) is 10.6. The van der Waals surface area contributed by atoms with E-state index in [9.17, 15) is 4.79 Å². The Morgan fingerprint density at radius 3 is 2.58 bits per heavy atom. The molecular weight excluding hydrogens is 456 g/mol. The van der Waals surface area contributed by atoms with Crippen molar-refractivity contribution in [3.8, 4) is 0 Å². The van der Waals surface area contributed by atoms with Crippen LogP contribution < -0.4 is 4.90 Å². The third-order valence-electron chi connectivity index (χ3n) is 6.55. The number of hydrogen-bond acceptors (Lipinski definition) is 7. The number of morpholine rings is 1. The molecule has 2 aliphatic heterocycles. The minimum atomic E-state index is -0.466. The van der Waals surface area contributed by atoms with Gasteiger partial charge < -0.3 is 24.3 Å². The second-order valence-corrected chi connectivity index (χ2v) is 10.6. The summed E-state index contributed by atoms with van der Waals surface area (Å²) in [5, 5.41) is 0. The lowest BCUT2D eigenvalue weighted by molar-refractivity contribution is 0.0139. The van der Waals surface area contributed by atoms with E-state index in [1.807, 2.05) is 27.0 Å². The van der Waals surface area contributed by atoms with Crippen LogP contribution in [-0.2, 0) is 22.4 Å². The molecule has 2 aromatic heterocycles. The summed E-state index contributed by atoms with van der Waals surface area (Å²) in [5.41, 5.74) is 4.97. The Morgan fingerprint density at radius 2 is 1.83 bits per heavy atom. The number of ether oxygens (including phenoxy) is 2. The number of benzene rings is 1. The van der Waals surface area contributed by atoms with Gasteiger partial charge in [0.1, 0.15) is 11.4 Å². The summed E-state index contributed by atoms with van der Waals surface area (Å²) in [6.45, 7) is 12.9. The molecule has 0 bridgehead atoms. The summed E-state index contributed by atoms with van der Waals surface area (Å²) < 4.78 is 11.0. The number of nitrogens with one attached hydrogen (secondary N) is 1. The Kier molecular flexibility index (Phi) is 7.11. The predicted octanol–water partition coefficient (Wildman–Crippen LogP) is 3.44. The van der Waals surface area contributed by atoms with Crippen LogP contribution in [0.3, 0.4) is 0 Å². The summed E-state index contributed by atoms with van der Waals surface area (Å²) in [7, 11) is 0. The van der Waals surface area contributed by atoms with Gasteiger partial charge in [0, 0.05) is 69.8 Å². The second kappa shape index (κ2) is 10.4. The Bertz CT molecular complexity index is 1190. The molecule has 2 fully saturated rings. The van der Waals surface area contributed by atoms with Crippen LogP contribution >= 0.6 is 0 Å². The molecule has 0 spiro atoms. The number of aromatic amines is 1. The number of imidazole rings is 1. The van der Waals surface area contributed by atoms with Crippen molar-refractivity contribution in [2.75, 3.05) is 57.4 Å². The highest BCUT2D eigenvalue weighted by Crippen LogP contribution is 2.22. The van der Waals surface area contributed by atoms with Gasteiger partial charge >= 0.3 is 6.09 Å². The molecule has 1 aromatic carbocycles. The Morgan fingerprint density at radius 1 is 1.06 bits per heavy atom. The van der Waals surface area contributed by atoms with E-state index in [-0.39, 0.29) is 6.09 Å². The molecule has 0 atom stereocenters. The van der Waals surface area contributed by atoms with Gasteiger partial charge in [-0.05, 0) is 56.7 Å². The van der Waals surface area contributed by atoms with Gasteiger partial charge in [-0.2, -0.15) is 0 Å². The van der Waals surface area contributed by atoms with Crippen LogP contribution in [0.4, 0.5) is 10.5 Å². The van der Waals surface area contributed by atoms with Crippen molar-refractivity contribution in [2.24, 2.45) is 0 Å². The lowest BCUT2D eigenvalue weighted by Crippen LogP contribution is -2.49. The van der Waals surface area contributed by atoms with Crippen molar-refractivity contribution < 1.29 is 14.3 Å². The maximum absolute atomic E-state index is 12.3. The summed E-state index contributed by atoms with van der Waals surface area (Å²) in [6.07, 6.45) is 2.30. The van der Waals surface area contributed by atoms with Crippen LogP contribution in [0.25, 0.3) is 11.0 Å². The number of amides is 1. The molecule has 1 amide bonds. The number of carbonyl (C=O) groups is 1. The third-order valence-corrected chi connectivity index (χ3v) is 6.55.